The van der Waals surface area contributed by atoms with Crippen molar-refractivity contribution in [1.29, 1.82) is 0 Å². The van der Waals surface area contributed by atoms with Crippen LogP contribution >= 0.6 is 0 Å². The first-order valence-corrected chi connectivity index (χ1v) is 7.19. The summed E-state index contributed by atoms with van der Waals surface area (Å²) >= 11 is 0. The SMILES string of the molecule is CCCCCCCNC(=O)N(O)OC(=O)c1ccccc1. The minimum atomic E-state index is -0.852. The van der Waals surface area contributed by atoms with Gasteiger partial charge in [0, 0.05) is 6.54 Å². The van der Waals surface area contributed by atoms with Crippen molar-refractivity contribution in [3.8, 4) is 0 Å². The average molecular weight is 294 g/mol. The van der Waals surface area contributed by atoms with Gasteiger partial charge in [0.1, 0.15) is 0 Å². The van der Waals surface area contributed by atoms with Crippen LogP contribution in [0.1, 0.15) is 49.4 Å². The normalized spacial score (nSPS) is 10.0. The minimum Gasteiger partial charge on any atom is -0.334 e. The van der Waals surface area contributed by atoms with E-state index < -0.39 is 12.0 Å². The molecule has 0 heterocycles. The lowest BCUT2D eigenvalue weighted by Gasteiger charge is -2.14. The maximum atomic E-state index is 11.6. The zero-order valence-corrected chi connectivity index (χ0v) is 12.2. The molecule has 2 amide bonds. The van der Waals surface area contributed by atoms with Gasteiger partial charge in [-0.15, -0.1) is 0 Å². The highest BCUT2D eigenvalue weighted by molar-refractivity contribution is 5.90. The van der Waals surface area contributed by atoms with E-state index in [1.807, 2.05) is 0 Å². The zero-order valence-electron chi connectivity index (χ0n) is 12.2. The van der Waals surface area contributed by atoms with Gasteiger partial charge < -0.3 is 10.2 Å². The van der Waals surface area contributed by atoms with Crippen LogP contribution < -0.4 is 5.32 Å². The number of hydrogen-bond acceptors (Lipinski definition) is 4. The average Bonchev–Trinajstić information content (AvgIpc) is 2.51. The first-order chi connectivity index (χ1) is 10.1. The van der Waals surface area contributed by atoms with E-state index in [1.54, 1.807) is 18.2 Å². The molecule has 0 spiro atoms. The summed E-state index contributed by atoms with van der Waals surface area (Å²) in [5.74, 6) is -0.795. The highest BCUT2D eigenvalue weighted by atomic mass is 16.9. The Labute approximate surface area is 124 Å². The van der Waals surface area contributed by atoms with Crippen LogP contribution in [0.2, 0.25) is 0 Å². The third-order valence-electron chi connectivity index (χ3n) is 2.91. The molecular formula is C15H22N2O4. The lowest BCUT2D eigenvalue weighted by molar-refractivity contribution is -0.256. The fraction of sp³-hybridized carbons (Fsp3) is 0.467. The summed E-state index contributed by atoms with van der Waals surface area (Å²) in [6, 6.07) is 7.28. The van der Waals surface area contributed by atoms with Gasteiger partial charge in [-0.05, 0) is 23.8 Å². The molecule has 1 rings (SSSR count). The molecule has 6 nitrogen and oxygen atoms in total. The quantitative estimate of drug-likeness (QED) is 0.460. The summed E-state index contributed by atoms with van der Waals surface area (Å²) in [6.07, 6.45) is 5.30. The molecule has 0 saturated carbocycles. The topological polar surface area (TPSA) is 78.9 Å². The molecule has 0 fully saturated rings. The second-order valence-electron chi connectivity index (χ2n) is 4.66. The lowest BCUT2D eigenvalue weighted by atomic mass is 10.1. The molecule has 1 aromatic carbocycles. The number of carbonyl (C=O) groups excluding carboxylic acids is 2. The number of amides is 2. The Morgan fingerprint density at radius 3 is 2.48 bits per heavy atom. The Hall–Kier alpha value is -2.08. The van der Waals surface area contributed by atoms with Crippen LogP contribution in [0.15, 0.2) is 30.3 Å². The van der Waals surface area contributed by atoms with Gasteiger partial charge in [-0.3, -0.25) is 5.21 Å². The van der Waals surface area contributed by atoms with E-state index in [0.29, 0.717) is 6.54 Å². The van der Waals surface area contributed by atoms with Gasteiger partial charge in [-0.2, -0.15) is 0 Å². The van der Waals surface area contributed by atoms with Crippen molar-refractivity contribution in [2.75, 3.05) is 6.54 Å². The summed E-state index contributed by atoms with van der Waals surface area (Å²) in [4.78, 5) is 27.6. The Kier molecular flexibility index (Phi) is 7.89. The molecule has 0 unspecified atom stereocenters. The van der Waals surface area contributed by atoms with Crippen molar-refractivity contribution in [2.45, 2.75) is 39.0 Å². The first kappa shape index (κ1) is 17.0. The zero-order chi connectivity index (χ0) is 15.5. The third-order valence-corrected chi connectivity index (χ3v) is 2.91. The van der Waals surface area contributed by atoms with Crippen LogP contribution in [0, 0.1) is 0 Å². The molecule has 6 heteroatoms. The maximum absolute atomic E-state index is 11.6. The fourth-order valence-electron chi connectivity index (χ4n) is 1.74. The van der Waals surface area contributed by atoms with Crippen LogP contribution in [0.4, 0.5) is 4.79 Å². The number of hydroxylamine groups is 2. The minimum absolute atomic E-state index is 0.0681. The van der Waals surface area contributed by atoms with E-state index in [0.717, 1.165) is 25.7 Å². The summed E-state index contributed by atoms with van der Waals surface area (Å²) in [5.41, 5.74) is 0.254. The van der Waals surface area contributed by atoms with Crippen LogP contribution in [0.3, 0.4) is 0 Å². The molecule has 0 radical (unpaired) electrons. The Balaban J connectivity index is 2.23. The summed E-state index contributed by atoms with van der Waals surface area (Å²) in [5, 5.41) is 11.8. The molecule has 1 aromatic rings. The van der Waals surface area contributed by atoms with Crippen molar-refractivity contribution >= 4 is 12.0 Å². The van der Waals surface area contributed by atoms with Crippen molar-refractivity contribution < 1.29 is 19.6 Å². The van der Waals surface area contributed by atoms with Gasteiger partial charge in [-0.25, -0.2) is 9.59 Å². The van der Waals surface area contributed by atoms with Gasteiger partial charge in [0.2, 0.25) is 0 Å². The number of carbonyl (C=O) groups is 2. The molecule has 0 bridgehead atoms. The van der Waals surface area contributed by atoms with E-state index >= 15 is 0 Å². The van der Waals surface area contributed by atoms with Gasteiger partial charge in [0.25, 0.3) is 0 Å². The standard InChI is InChI=1S/C15H22N2O4/c1-2-3-4-5-9-12-16-15(19)17(20)21-14(18)13-10-7-6-8-11-13/h6-8,10-11,20H,2-5,9,12H2,1H3,(H,16,19). The van der Waals surface area contributed by atoms with Gasteiger partial charge in [0.15, 0.2) is 0 Å². The van der Waals surface area contributed by atoms with Crippen LogP contribution in [0.5, 0.6) is 0 Å². The largest absolute Gasteiger partial charge is 0.376 e. The van der Waals surface area contributed by atoms with Gasteiger partial charge in [0.05, 0.1) is 5.56 Å². The first-order valence-electron chi connectivity index (χ1n) is 7.19. The Morgan fingerprint density at radius 2 is 1.81 bits per heavy atom. The van der Waals surface area contributed by atoms with E-state index in [2.05, 4.69) is 17.1 Å². The monoisotopic (exact) mass is 294 g/mol. The number of unbranched alkanes of at least 4 members (excludes halogenated alkanes) is 4. The van der Waals surface area contributed by atoms with Crippen molar-refractivity contribution in [3.05, 3.63) is 35.9 Å². The van der Waals surface area contributed by atoms with E-state index in [1.165, 1.54) is 18.6 Å². The van der Waals surface area contributed by atoms with Crippen LogP contribution in [-0.2, 0) is 4.84 Å². The second kappa shape index (κ2) is 9.77. The van der Waals surface area contributed by atoms with Crippen LogP contribution in [0.25, 0.3) is 0 Å². The summed E-state index contributed by atoms with van der Waals surface area (Å²) < 4.78 is 0. The van der Waals surface area contributed by atoms with E-state index in [9.17, 15) is 14.8 Å². The smallest absolute Gasteiger partial charge is 0.334 e. The number of rotatable bonds is 7. The van der Waals surface area contributed by atoms with Gasteiger partial charge in [-0.1, -0.05) is 50.8 Å². The molecule has 0 aliphatic carbocycles. The number of hydrogen-bond donors (Lipinski definition) is 2. The molecule has 0 aliphatic rings. The molecule has 0 aromatic heterocycles. The highest BCUT2D eigenvalue weighted by Gasteiger charge is 2.17. The van der Waals surface area contributed by atoms with E-state index in [4.69, 9.17) is 0 Å². The third kappa shape index (κ3) is 6.76. The van der Waals surface area contributed by atoms with Crippen LogP contribution in [-0.4, -0.2) is 29.0 Å². The van der Waals surface area contributed by atoms with E-state index in [-0.39, 0.29) is 10.8 Å². The number of nitrogens with zero attached hydrogens (tertiary/aromatic N) is 1. The second-order valence-corrected chi connectivity index (χ2v) is 4.66. The molecular weight excluding hydrogens is 272 g/mol. The highest BCUT2D eigenvalue weighted by Crippen LogP contribution is 2.03. The maximum Gasteiger partial charge on any atom is 0.376 e. The predicted octanol–water partition coefficient (Wildman–Crippen LogP) is 3.13. The fourth-order valence-corrected chi connectivity index (χ4v) is 1.74. The van der Waals surface area contributed by atoms with Crippen molar-refractivity contribution in [3.63, 3.8) is 0 Å². The lowest BCUT2D eigenvalue weighted by Crippen LogP contribution is -2.39. The summed E-state index contributed by atoms with van der Waals surface area (Å²) in [7, 11) is 0. The Morgan fingerprint density at radius 1 is 1.14 bits per heavy atom. The molecule has 0 atom stereocenters. The van der Waals surface area contributed by atoms with Crippen molar-refractivity contribution in [1.82, 2.24) is 10.5 Å². The predicted molar refractivity (Wildman–Crippen MR) is 77.6 cm³/mol. The Bertz CT molecular complexity index is 437. The number of benzene rings is 1. The van der Waals surface area contributed by atoms with Gasteiger partial charge >= 0.3 is 12.0 Å². The molecule has 2 N–H and O–H groups in total. The molecule has 116 valence electrons. The number of nitrogens with one attached hydrogen (secondary N) is 1. The van der Waals surface area contributed by atoms with Crippen molar-refractivity contribution in [2.24, 2.45) is 0 Å². The molecule has 0 saturated heterocycles. The summed E-state index contributed by atoms with van der Waals surface area (Å²) in [6.45, 7) is 2.56. The number of urea groups is 1. The molecule has 0 aliphatic heterocycles. The molecule has 21 heavy (non-hydrogen) atoms.